The molecule has 0 spiro atoms. The Morgan fingerprint density at radius 1 is 1.21 bits per heavy atom. The van der Waals surface area contributed by atoms with Crippen LogP contribution >= 0.6 is 0 Å². The Morgan fingerprint density at radius 2 is 2.07 bits per heavy atom. The summed E-state index contributed by atoms with van der Waals surface area (Å²) in [6.45, 7) is 1.34. The highest BCUT2D eigenvalue weighted by atomic mass is 16.1. The maximum Gasteiger partial charge on any atom is 0.253 e. The standard InChI is InChI=1S/C21H23N7O/c1-23-21-26-9-6-15(28-21)12-27-20-18(19(22)29)16(7-10-25-20)14-5-4-13-3-2-8-24-17(13)11-14/h4-7,9-11,24H,2-3,8,12H2,1H3,(H2,22,29)(H,25,27)(H,23,26,28). The number of fused-ring (bicyclic) bond motifs is 1. The van der Waals surface area contributed by atoms with E-state index in [9.17, 15) is 4.79 Å². The number of pyridine rings is 1. The van der Waals surface area contributed by atoms with Gasteiger partial charge in [0.2, 0.25) is 5.95 Å². The van der Waals surface area contributed by atoms with Crippen molar-refractivity contribution in [2.75, 3.05) is 29.5 Å². The summed E-state index contributed by atoms with van der Waals surface area (Å²) in [4.78, 5) is 25.1. The van der Waals surface area contributed by atoms with Gasteiger partial charge in [-0.25, -0.2) is 15.0 Å². The number of carbonyl (C=O) groups excluding carboxylic acids is 1. The third kappa shape index (κ3) is 3.96. The maximum atomic E-state index is 12.3. The number of benzene rings is 1. The van der Waals surface area contributed by atoms with Crippen molar-refractivity contribution in [3.05, 3.63) is 59.5 Å². The van der Waals surface area contributed by atoms with Gasteiger partial charge in [-0.3, -0.25) is 4.79 Å². The number of rotatable bonds is 6. The first-order valence-electron chi connectivity index (χ1n) is 9.55. The summed E-state index contributed by atoms with van der Waals surface area (Å²) in [5.41, 5.74) is 10.9. The van der Waals surface area contributed by atoms with Crippen LogP contribution < -0.4 is 21.7 Å². The van der Waals surface area contributed by atoms with E-state index in [2.05, 4.69) is 43.0 Å². The summed E-state index contributed by atoms with van der Waals surface area (Å²) >= 11 is 0. The third-order valence-electron chi connectivity index (χ3n) is 4.93. The number of nitrogens with one attached hydrogen (secondary N) is 3. The SMILES string of the molecule is CNc1nccc(CNc2nccc(-c3ccc4c(c3)NCCC4)c2C(N)=O)n1. The number of primary amides is 1. The summed E-state index contributed by atoms with van der Waals surface area (Å²) in [6, 6.07) is 9.83. The van der Waals surface area contributed by atoms with Crippen LogP contribution in [0.1, 0.15) is 28.0 Å². The van der Waals surface area contributed by atoms with Crippen molar-refractivity contribution in [3.8, 4) is 11.1 Å². The number of hydrogen-bond donors (Lipinski definition) is 4. The molecule has 0 radical (unpaired) electrons. The molecule has 0 saturated heterocycles. The van der Waals surface area contributed by atoms with Crippen molar-refractivity contribution >= 4 is 23.4 Å². The summed E-state index contributed by atoms with van der Waals surface area (Å²) in [5, 5.41) is 9.52. The molecule has 0 unspecified atom stereocenters. The van der Waals surface area contributed by atoms with Gasteiger partial charge in [-0.05, 0) is 47.7 Å². The zero-order chi connectivity index (χ0) is 20.2. The monoisotopic (exact) mass is 389 g/mol. The van der Waals surface area contributed by atoms with E-state index in [1.54, 1.807) is 25.5 Å². The second-order valence-electron chi connectivity index (χ2n) is 6.82. The fourth-order valence-corrected chi connectivity index (χ4v) is 3.50. The molecule has 1 aromatic carbocycles. The minimum atomic E-state index is -0.528. The van der Waals surface area contributed by atoms with E-state index in [0.29, 0.717) is 23.9 Å². The van der Waals surface area contributed by atoms with Crippen molar-refractivity contribution in [2.24, 2.45) is 5.73 Å². The lowest BCUT2D eigenvalue weighted by molar-refractivity contribution is 0.100. The number of nitrogens with zero attached hydrogens (tertiary/aromatic N) is 3. The van der Waals surface area contributed by atoms with E-state index >= 15 is 0 Å². The van der Waals surface area contributed by atoms with Crippen LogP contribution in [0.15, 0.2) is 42.7 Å². The van der Waals surface area contributed by atoms with E-state index in [1.807, 2.05) is 12.1 Å². The van der Waals surface area contributed by atoms with E-state index in [4.69, 9.17) is 5.73 Å². The molecular weight excluding hydrogens is 366 g/mol. The molecule has 148 valence electrons. The molecule has 0 aliphatic carbocycles. The van der Waals surface area contributed by atoms with Gasteiger partial charge in [-0.15, -0.1) is 0 Å². The number of anilines is 3. The molecule has 0 bridgehead atoms. The molecule has 0 fully saturated rings. The van der Waals surface area contributed by atoms with Crippen LogP contribution in [-0.4, -0.2) is 34.5 Å². The lowest BCUT2D eigenvalue weighted by Crippen LogP contribution is -2.17. The minimum Gasteiger partial charge on any atom is -0.385 e. The van der Waals surface area contributed by atoms with Crippen LogP contribution in [0.25, 0.3) is 11.1 Å². The van der Waals surface area contributed by atoms with E-state index in [1.165, 1.54) is 5.56 Å². The summed E-state index contributed by atoms with van der Waals surface area (Å²) in [5.74, 6) is 0.438. The predicted octanol–water partition coefficient (Wildman–Crippen LogP) is 2.65. The minimum absolute atomic E-state index is 0.367. The molecule has 29 heavy (non-hydrogen) atoms. The van der Waals surface area contributed by atoms with Gasteiger partial charge in [-0.1, -0.05) is 12.1 Å². The molecule has 0 atom stereocenters. The van der Waals surface area contributed by atoms with Gasteiger partial charge >= 0.3 is 0 Å². The van der Waals surface area contributed by atoms with Crippen molar-refractivity contribution in [1.29, 1.82) is 0 Å². The Morgan fingerprint density at radius 3 is 2.90 bits per heavy atom. The van der Waals surface area contributed by atoms with Gasteiger partial charge in [0.25, 0.3) is 5.91 Å². The smallest absolute Gasteiger partial charge is 0.253 e. The molecule has 0 saturated carbocycles. The molecule has 5 N–H and O–H groups in total. The molecule has 1 aliphatic heterocycles. The number of hydrogen-bond acceptors (Lipinski definition) is 7. The highest BCUT2D eigenvalue weighted by Crippen LogP contribution is 2.32. The molecule has 4 rings (SSSR count). The first kappa shape index (κ1) is 18.7. The van der Waals surface area contributed by atoms with Crippen molar-refractivity contribution in [1.82, 2.24) is 15.0 Å². The second-order valence-corrected chi connectivity index (χ2v) is 6.82. The van der Waals surface area contributed by atoms with Crippen LogP contribution in [0.2, 0.25) is 0 Å². The maximum absolute atomic E-state index is 12.3. The highest BCUT2D eigenvalue weighted by Gasteiger charge is 2.18. The highest BCUT2D eigenvalue weighted by molar-refractivity contribution is 6.04. The topological polar surface area (TPSA) is 118 Å². The average molecular weight is 389 g/mol. The Bertz CT molecular complexity index is 1050. The molecule has 3 heterocycles. The second kappa shape index (κ2) is 8.14. The predicted molar refractivity (Wildman–Crippen MR) is 114 cm³/mol. The normalized spacial score (nSPS) is 12.6. The first-order valence-corrected chi connectivity index (χ1v) is 9.55. The molecular formula is C21H23N7O. The van der Waals surface area contributed by atoms with Gasteiger partial charge in [-0.2, -0.15) is 0 Å². The molecule has 1 amide bonds. The van der Waals surface area contributed by atoms with E-state index < -0.39 is 5.91 Å². The molecule has 3 aromatic rings. The van der Waals surface area contributed by atoms with Crippen LogP contribution in [0.5, 0.6) is 0 Å². The zero-order valence-corrected chi connectivity index (χ0v) is 16.2. The lowest BCUT2D eigenvalue weighted by Gasteiger charge is -2.20. The van der Waals surface area contributed by atoms with Gasteiger partial charge in [0, 0.05) is 31.7 Å². The Kier molecular flexibility index (Phi) is 5.24. The van der Waals surface area contributed by atoms with Crippen molar-refractivity contribution in [3.63, 3.8) is 0 Å². The molecule has 8 nitrogen and oxygen atoms in total. The van der Waals surface area contributed by atoms with Gasteiger partial charge in [0.15, 0.2) is 0 Å². The summed E-state index contributed by atoms with van der Waals surface area (Å²) in [7, 11) is 1.76. The Balaban J connectivity index is 1.66. The fourth-order valence-electron chi connectivity index (χ4n) is 3.50. The van der Waals surface area contributed by atoms with Gasteiger partial charge in [0.05, 0.1) is 17.8 Å². The van der Waals surface area contributed by atoms with Crippen LogP contribution in [0.4, 0.5) is 17.5 Å². The van der Waals surface area contributed by atoms with Gasteiger partial charge < -0.3 is 21.7 Å². The summed E-state index contributed by atoms with van der Waals surface area (Å²) < 4.78 is 0. The molecule has 1 aliphatic rings. The van der Waals surface area contributed by atoms with Crippen LogP contribution in [0.3, 0.4) is 0 Å². The van der Waals surface area contributed by atoms with Crippen LogP contribution in [0, 0.1) is 0 Å². The third-order valence-corrected chi connectivity index (χ3v) is 4.93. The Hall–Kier alpha value is -3.68. The molecule has 2 aromatic heterocycles. The largest absolute Gasteiger partial charge is 0.385 e. The average Bonchev–Trinajstić information content (AvgIpc) is 2.77. The number of aryl methyl sites for hydroxylation is 1. The first-order chi connectivity index (χ1) is 14.2. The van der Waals surface area contributed by atoms with Crippen LogP contribution in [-0.2, 0) is 13.0 Å². The van der Waals surface area contributed by atoms with Gasteiger partial charge in [0.1, 0.15) is 5.82 Å². The lowest BCUT2D eigenvalue weighted by atomic mass is 9.95. The van der Waals surface area contributed by atoms with E-state index in [-0.39, 0.29) is 0 Å². The van der Waals surface area contributed by atoms with Crippen molar-refractivity contribution < 1.29 is 4.79 Å². The fraction of sp³-hybridized carbons (Fsp3) is 0.238. The van der Waals surface area contributed by atoms with Crippen molar-refractivity contribution in [2.45, 2.75) is 19.4 Å². The van der Waals surface area contributed by atoms with E-state index in [0.717, 1.165) is 41.9 Å². The quantitative estimate of drug-likeness (QED) is 0.512. The molecule has 8 heteroatoms. The number of amides is 1. The number of aromatic nitrogens is 3. The summed E-state index contributed by atoms with van der Waals surface area (Å²) in [6.07, 6.45) is 5.54. The Labute approximate surface area is 169 Å². The number of carbonyl (C=O) groups is 1. The zero-order valence-electron chi connectivity index (χ0n) is 16.2. The number of nitrogens with two attached hydrogens (primary N) is 1.